The summed E-state index contributed by atoms with van der Waals surface area (Å²) >= 11 is 5.91. The highest BCUT2D eigenvalue weighted by Gasteiger charge is 2.10. The third-order valence-electron chi connectivity index (χ3n) is 2.26. The molecule has 0 spiro atoms. The Bertz CT molecular complexity index is 328. The average Bonchev–Trinajstić information content (AvgIpc) is 2.25. The molecule has 0 aliphatic rings. The van der Waals surface area contributed by atoms with Gasteiger partial charge < -0.3 is 20.9 Å². The predicted octanol–water partition coefficient (Wildman–Crippen LogP) is 1.73. The first kappa shape index (κ1) is 13.1. The second-order valence-corrected chi connectivity index (χ2v) is 3.92. The zero-order valence-corrected chi connectivity index (χ0v) is 10.00. The fourth-order valence-electron chi connectivity index (χ4n) is 1.44. The molecule has 0 aromatic heterocycles. The Kier molecular flexibility index (Phi) is 5.38. The molecule has 1 aromatic rings. The van der Waals surface area contributed by atoms with Crippen LogP contribution in [0.2, 0.25) is 5.02 Å². The highest BCUT2D eigenvalue weighted by Crippen LogP contribution is 2.27. The van der Waals surface area contributed by atoms with Gasteiger partial charge in [0.1, 0.15) is 0 Å². The van der Waals surface area contributed by atoms with Crippen LogP contribution in [-0.4, -0.2) is 31.5 Å². The maximum atomic E-state index is 8.91. The van der Waals surface area contributed by atoms with Gasteiger partial charge in [0, 0.05) is 13.7 Å². The predicted molar refractivity (Wildman–Crippen MR) is 66.9 cm³/mol. The molecule has 1 aromatic carbocycles. The fourth-order valence-corrected chi connectivity index (χ4v) is 1.61. The Labute approximate surface area is 100 Å². The quantitative estimate of drug-likeness (QED) is 0.667. The number of ether oxygens (including phenoxy) is 1. The summed E-state index contributed by atoms with van der Waals surface area (Å²) in [6.45, 7) is 0.605. The van der Waals surface area contributed by atoms with Crippen LogP contribution in [0.25, 0.3) is 0 Å². The van der Waals surface area contributed by atoms with Gasteiger partial charge in [-0.3, -0.25) is 0 Å². The molecule has 0 saturated carbocycles. The molecule has 16 heavy (non-hydrogen) atoms. The molecule has 0 bridgehead atoms. The van der Waals surface area contributed by atoms with Crippen molar-refractivity contribution in [2.75, 3.05) is 31.4 Å². The lowest BCUT2D eigenvalue weighted by Gasteiger charge is -2.19. The number of nitrogens with two attached hydrogens (primary N) is 1. The van der Waals surface area contributed by atoms with E-state index in [0.29, 0.717) is 23.7 Å². The van der Waals surface area contributed by atoms with Crippen LogP contribution in [0.1, 0.15) is 6.42 Å². The van der Waals surface area contributed by atoms with E-state index in [1.54, 1.807) is 13.2 Å². The van der Waals surface area contributed by atoms with Crippen molar-refractivity contribution < 1.29 is 9.84 Å². The molecule has 1 atom stereocenters. The molecular formula is C11H17ClN2O2. The summed E-state index contributed by atoms with van der Waals surface area (Å²) in [7, 11) is 1.62. The first-order valence-electron chi connectivity index (χ1n) is 5.09. The van der Waals surface area contributed by atoms with E-state index in [-0.39, 0.29) is 12.6 Å². The summed E-state index contributed by atoms with van der Waals surface area (Å²) < 4.78 is 5.05. The van der Waals surface area contributed by atoms with E-state index in [1.165, 1.54) is 0 Å². The van der Waals surface area contributed by atoms with Crippen molar-refractivity contribution >= 4 is 23.0 Å². The largest absolute Gasteiger partial charge is 0.396 e. The van der Waals surface area contributed by atoms with Crippen LogP contribution in [0.4, 0.5) is 11.4 Å². The molecule has 4 N–H and O–H groups in total. The van der Waals surface area contributed by atoms with Gasteiger partial charge in [-0.25, -0.2) is 0 Å². The summed E-state index contributed by atoms with van der Waals surface area (Å²) in [6.07, 6.45) is 0.597. The molecular weight excluding hydrogens is 228 g/mol. The van der Waals surface area contributed by atoms with Crippen molar-refractivity contribution in [1.29, 1.82) is 0 Å². The van der Waals surface area contributed by atoms with Crippen molar-refractivity contribution in [3.8, 4) is 0 Å². The highest BCUT2D eigenvalue weighted by atomic mass is 35.5. The van der Waals surface area contributed by atoms with Crippen LogP contribution < -0.4 is 11.1 Å². The Morgan fingerprint density at radius 3 is 2.94 bits per heavy atom. The van der Waals surface area contributed by atoms with Gasteiger partial charge in [0.25, 0.3) is 0 Å². The number of hydrogen-bond donors (Lipinski definition) is 3. The van der Waals surface area contributed by atoms with Crippen LogP contribution in [0.15, 0.2) is 18.2 Å². The summed E-state index contributed by atoms with van der Waals surface area (Å²) in [6, 6.07) is 5.43. The van der Waals surface area contributed by atoms with Gasteiger partial charge in [0.05, 0.1) is 29.0 Å². The smallest absolute Gasteiger partial charge is 0.0739 e. The van der Waals surface area contributed by atoms with Crippen LogP contribution in [-0.2, 0) is 4.74 Å². The Hall–Kier alpha value is -0.970. The fraction of sp³-hybridized carbons (Fsp3) is 0.455. The summed E-state index contributed by atoms with van der Waals surface area (Å²) in [5.41, 5.74) is 7.11. The van der Waals surface area contributed by atoms with E-state index in [4.69, 9.17) is 27.2 Å². The van der Waals surface area contributed by atoms with Gasteiger partial charge >= 0.3 is 0 Å². The maximum Gasteiger partial charge on any atom is 0.0739 e. The minimum atomic E-state index is 0.0239. The van der Waals surface area contributed by atoms with Crippen molar-refractivity contribution in [1.82, 2.24) is 0 Å². The summed E-state index contributed by atoms with van der Waals surface area (Å²) in [5.74, 6) is 0. The van der Waals surface area contributed by atoms with Gasteiger partial charge in [-0.05, 0) is 18.6 Å². The molecule has 0 aliphatic carbocycles. The Balaban J connectivity index is 2.72. The van der Waals surface area contributed by atoms with E-state index in [2.05, 4.69) is 5.32 Å². The zero-order valence-electron chi connectivity index (χ0n) is 9.24. The first-order valence-corrected chi connectivity index (χ1v) is 5.47. The van der Waals surface area contributed by atoms with E-state index in [1.807, 2.05) is 12.1 Å². The standard InChI is InChI=1S/C11H17ClN2O2/c1-16-7-8(5-6-15)14-10-4-2-3-9(12)11(10)13/h2-4,8,14-15H,5-7,13H2,1H3. The van der Waals surface area contributed by atoms with Gasteiger partial charge in [-0.2, -0.15) is 0 Å². The topological polar surface area (TPSA) is 67.5 Å². The molecule has 0 saturated heterocycles. The number of anilines is 2. The third kappa shape index (κ3) is 3.56. The first-order chi connectivity index (χ1) is 7.69. The minimum Gasteiger partial charge on any atom is -0.396 e. The lowest BCUT2D eigenvalue weighted by molar-refractivity contribution is 0.170. The maximum absolute atomic E-state index is 8.91. The molecule has 0 amide bonds. The number of benzene rings is 1. The second kappa shape index (κ2) is 6.58. The highest BCUT2D eigenvalue weighted by molar-refractivity contribution is 6.33. The van der Waals surface area contributed by atoms with Gasteiger partial charge in [-0.15, -0.1) is 0 Å². The zero-order chi connectivity index (χ0) is 12.0. The molecule has 4 nitrogen and oxygen atoms in total. The molecule has 90 valence electrons. The minimum absolute atomic E-state index is 0.0239. The Morgan fingerprint density at radius 1 is 1.56 bits per heavy atom. The molecule has 0 aliphatic heterocycles. The monoisotopic (exact) mass is 244 g/mol. The van der Waals surface area contributed by atoms with Gasteiger partial charge in [0.15, 0.2) is 0 Å². The van der Waals surface area contributed by atoms with Crippen LogP contribution >= 0.6 is 11.6 Å². The van der Waals surface area contributed by atoms with Crippen LogP contribution in [0.3, 0.4) is 0 Å². The SMILES string of the molecule is COCC(CCO)Nc1cccc(Cl)c1N. The van der Waals surface area contributed by atoms with E-state index in [0.717, 1.165) is 5.69 Å². The number of para-hydroxylation sites is 1. The number of aliphatic hydroxyl groups excluding tert-OH is 1. The average molecular weight is 245 g/mol. The normalized spacial score (nSPS) is 12.4. The molecule has 0 radical (unpaired) electrons. The number of methoxy groups -OCH3 is 1. The number of halogens is 1. The number of aliphatic hydroxyl groups is 1. The summed E-state index contributed by atoms with van der Waals surface area (Å²) in [4.78, 5) is 0. The van der Waals surface area contributed by atoms with Crippen molar-refractivity contribution in [3.63, 3.8) is 0 Å². The number of nitrogens with one attached hydrogen (secondary N) is 1. The van der Waals surface area contributed by atoms with Crippen LogP contribution in [0, 0.1) is 0 Å². The van der Waals surface area contributed by atoms with Crippen molar-refractivity contribution in [2.45, 2.75) is 12.5 Å². The van der Waals surface area contributed by atoms with E-state index >= 15 is 0 Å². The summed E-state index contributed by atoms with van der Waals surface area (Å²) in [5, 5.41) is 12.6. The lowest BCUT2D eigenvalue weighted by atomic mass is 10.2. The Morgan fingerprint density at radius 2 is 2.31 bits per heavy atom. The second-order valence-electron chi connectivity index (χ2n) is 3.51. The molecule has 0 heterocycles. The van der Waals surface area contributed by atoms with E-state index in [9.17, 15) is 0 Å². The molecule has 5 heteroatoms. The molecule has 1 unspecified atom stereocenters. The van der Waals surface area contributed by atoms with E-state index < -0.39 is 0 Å². The molecule has 1 rings (SSSR count). The van der Waals surface area contributed by atoms with Gasteiger partial charge in [0.2, 0.25) is 0 Å². The molecule has 0 fully saturated rings. The van der Waals surface area contributed by atoms with Crippen molar-refractivity contribution in [2.24, 2.45) is 0 Å². The number of rotatable bonds is 6. The lowest BCUT2D eigenvalue weighted by Crippen LogP contribution is -2.26. The third-order valence-corrected chi connectivity index (χ3v) is 2.59. The van der Waals surface area contributed by atoms with Gasteiger partial charge in [-0.1, -0.05) is 17.7 Å². The number of nitrogen functional groups attached to an aromatic ring is 1. The van der Waals surface area contributed by atoms with Crippen molar-refractivity contribution in [3.05, 3.63) is 23.2 Å². The number of hydrogen-bond acceptors (Lipinski definition) is 4. The van der Waals surface area contributed by atoms with Crippen LogP contribution in [0.5, 0.6) is 0 Å².